The maximum atomic E-state index is 10.5. The Bertz CT molecular complexity index is 142. The molecule has 0 radical (unpaired) electrons. The van der Waals surface area contributed by atoms with Gasteiger partial charge in [-0.05, 0) is 18.4 Å². The average Bonchev–Trinajstić information content (AvgIpc) is 2.00. The number of hydrogen-bond acceptors (Lipinski definition) is 4. The molecule has 0 aromatic rings. The van der Waals surface area contributed by atoms with Crippen molar-refractivity contribution < 1.29 is 15.0 Å². The lowest BCUT2D eigenvalue weighted by Crippen LogP contribution is -2.51. The largest absolute Gasteiger partial charge is 0.480 e. The Hall–Kier alpha value is -0.260. The quantitative estimate of drug-likeness (QED) is 0.530. The van der Waals surface area contributed by atoms with Gasteiger partial charge in [0.05, 0.1) is 6.61 Å². The second-order valence-corrected chi connectivity index (χ2v) is 3.35. The average molecular weight is 179 g/mol. The topological polar surface area (TPSA) is 83.5 Å². The number of aliphatic hydroxyl groups is 1. The molecular weight excluding hydrogens is 166 g/mol. The van der Waals surface area contributed by atoms with Crippen LogP contribution in [-0.2, 0) is 4.79 Å². The third kappa shape index (κ3) is 3.09. The van der Waals surface area contributed by atoms with E-state index < -0.39 is 18.1 Å². The van der Waals surface area contributed by atoms with Crippen molar-refractivity contribution in [2.75, 3.05) is 18.6 Å². The number of rotatable bonds is 5. The molecule has 11 heavy (non-hydrogen) atoms. The lowest BCUT2D eigenvalue weighted by atomic mass is 9.99. The van der Waals surface area contributed by atoms with Gasteiger partial charge in [-0.1, -0.05) is 0 Å². The zero-order valence-corrected chi connectivity index (χ0v) is 7.23. The van der Waals surface area contributed by atoms with Gasteiger partial charge < -0.3 is 15.9 Å². The Balaban J connectivity index is 3.99. The second-order valence-electron chi connectivity index (χ2n) is 2.36. The molecule has 0 saturated carbocycles. The predicted molar refractivity (Wildman–Crippen MR) is 44.6 cm³/mol. The van der Waals surface area contributed by atoms with Crippen LogP contribution in [0.2, 0.25) is 0 Å². The smallest absolute Gasteiger partial charge is 0.326 e. The van der Waals surface area contributed by atoms with Crippen LogP contribution in [0.5, 0.6) is 0 Å². The van der Waals surface area contributed by atoms with Crippen molar-refractivity contribution >= 4 is 17.7 Å². The van der Waals surface area contributed by atoms with E-state index in [0.29, 0.717) is 12.2 Å². The first-order chi connectivity index (χ1) is 5.06. The van der Waals surface area contributed by atoms with Gasteiger partial charge in [-0.3, -0.25) is 4.79 Å². The summed E-state index contributed by atoms with van der Waals surface area (Å²) in [7, 11) is 0. The summed E-state index contributed by atoms with van der Waals surface area (Å²) in [5, 5.41) is 17.2. The van der Waals surface area contributed by atoms with E-state index in [1.165, 1.54) is 11.8 Å². The van der Waals surface area contributed by atoms with Crippen LogP contribution in [0.3, 0.4) is 0 Å². The van der Waals surface area contributed by atoms with Gasteiger partial charge in [-0.25, -0.2) is 0 Å². The molecule has 0 aliphatic carbocycles. The van der Waals surface area contributed by atoms with Crippen molar-refractivity contribution in [1.82, 2.24) is 0 Å². The lowest BCUT2D eigenvalue weighted by Gasteiger charge is -2.20. The number of aliphatic carboxylic acids is 1. The van der Waals surface area contributed by atoms with E-state index in [9.17, 15) is 4.79 Å². The monoisotopic (exact) mass is 179 g/mol. The summed E-state index contributed by atoms with van der Waals surface area (Å²) in [4.78, 5) is 10.5. The van der Waals surface area contributed by atoms with Crippen LogP contribution in [-0.4, -0.2) is 40.3 Å². The zero-order chi connectivity index (χ0) is 8.91. The molecule has 0 saturated heterocycles. The summed E-state index contributed by atoms with van der Waals surface area (Å²) in [6.45, 7) is -0.511. The Morgan fingerprint density at radius 1 is 1.73 bits per heavy atom. The number of carboxylic acids is 1. The summed E-state index contributed by atoms with van der Waals surface area (Å²) in [5.41, 5.74) is 3.91. The van der Waals surface area contributed by atoms with Crippen molar-refractivity contribution in [2.45, 2.75) is 12.0 Å². The van der Waals surface area contributed by atoms with E-state index in [0.717, 1.165) is 0 Å². The Kier molecular flexibility index (Phi) is 4.48. The molecule has 0 aliphatic rings. The Morgan fingerprint density at radius 2 is 2.27 bits per heavy atom. The van der Waals surface area contributed by atoms with Gasteiger partial charge in [0, 0.05) is 0 Å². The summed E-state index contributed by atoms with van der Waals surface area (Å²) in [5.74, 6) is -0.502. The minimum absolute atomic E-state index is 0.292. The molecule has 1 atom stereocenters. The molecule has 0 unspecified atom stereocenters. The number of carbonyl (C=O) groups is 1. The summed E-state index contributed by atoms with van der Waals surface area (Å²) >= 11 is 1.51. The van der Waals surface area contributed by atoms with Crippen molar-refractivity contribution in [3.8, 4) is 0 Å². The molecule has 66 valence electrons. The van der Waals surface area contributed by atoms with Crippen LogP contribution in [0.4, 0.5) is 0 Å². The molecule has 0 heterocycles. The van der Waals surface area contributed by atoms with Gasteiger partial charge in [-0.2, -0.15) is 11.8 Å². The highest BCUT2D eigenvalue weighted by Crippen LogP contribution is 2.09. The molecule has 0 spiro atoms. The van der Waals surface area contributed by atoms with Crippen molar-refractivity contribution in [2.24, 2.45) is 5.73 Å². The van der Waals surface area contributed by atoms with Gasteiger partial charge in [0.25, 0.3) is 0 Å². The molecule has 0 bridgehead atoms. The molecule has 0 aromatic carbocycles. The van der Waals surface area contributed by atoms with Crippen LogP contribution in [0.15, 0.2) is 0 Å². The van der Waals surface area contributed by atoms with Crippen LogP contribution in [0, 0.1) is 0 Å². The fourth-order valence-corrected chi connectivity index (χ4v) is 1.11. The fourth-order valence-electron chi connectivity index (χ4n) is 0.538. The molecular formula is C6H13NO3S. The van der Waals surface area contributed by atoms with E-state index in [4.69, 9.17) is 15.9 Å². The molecule has 0 aromatic heterocycles. The van der Waals surface area contributed by atoms with Gasteiger partial charge in [0.2, 0.25) is 0 Å². The molecule has 0 amide bonds. The minimum Gasteiger partial charge on any atom is -0.480 e. The van der Waals surface area contributed by atoms with Crippen molar-refractivity contribution in [1.29, 1.82) is 0 Å². The highest BCUT2D eigenvalue weighted by molar-refractivity contribution is 7.98. The van der Waals surface area contributed by atoms with E-state index in [1.54, 1.807) is 0 Å². The first kappa shape index (κ1) is 10.7. The Labute approximate surface area is 69.8 Å². The van der Waals surface area contributed by atoms with Crippen LogP contribution in [0.25, 0.3) is 0 Å². The predicted octanol–water partition coefficient (Wildman–Crippen LogP) is -0.486. The molecule has 4 N–H and O–H groups in total. The molecule has 0 rings (SSSR count). The first-order valence-electron chi connectivity index (χ1n) is 3.19. The van der Waals surface area contributed by atoms with E-state index in [1.807, 2.05) is 6.26 Å². The zero-order valence-electron chi connectivity index (χ0n) is 6.41. The number of thioether (sulfide) groups is 1. The molecule has 0 fully saturated rings. The number of hydrogen-bond donors (Lipinski definition) is 3. The SMILES string of the molecule is CSCC[C@](N)(CO)C(=O)O. The fraction of sp³-hybridized carbons (Fsp3) is 0.833. The maximum absolute atomic E-state index is 10.5. The van der Waals surface area contributed by atoms with Gasteiger partial charge >= 0.3 is 5.97 Å². The highest BCUT2D eigenvalue weighted by Gasteiger charge is 2.32. The van der Waals surface area contributed by atoms with Gasteiger partial charge in [0.1, 0.15) is 5.54 Å². The molecule has 4 nitrogen and oxygen atoms in total. The summed E-state index contributed by atoms with van der Waals surface area (Å²) in [6, 6.07) is 0. The maximum Gasteiger partial charge on any atom is 0.326 e. The second kappa shape index (κ2) is 4.58. The van der Waals surface area contributed by atoms with Crippen molar-refractivity contribution in [3.05, 3.63) is 0 Å². The van der Waals surface area contributed by atoms with Crippen LogP contribution < -0.4 is 5.73 Å². The van der Waals surface area contributed by atoms with E-state index in [-0.39, 0.29) is 0 Å². The molecule has 0 aliphatic heterocycles. The van der Waals surface area contributed by atoms with Gasteiger partial charge in [-0.15, -0.1) is 0 Å². The van der Waals surface area contributed by atoms with E-state index >= 15 is 0 Å². The normalized spacial score (nSPS) is 15.9. The highest BCUT2D eigenvalue weighted by atomic mass is 32.2. The molecule has 5 heteroatoms. The third-order valence-electron chi connectivity index (χ3n) is 1.46. The number of nitrogens with two attached hydrogens (primary N) is 1. The number of carboxylic acid groups (broad SMARTS) is 1. The lowest BCUT2D eigenvalue weighted by molar-refractivity contribution is -0.145. The standard InChI is InChI=1S/C6H13NO3S/c1-11-3-2-6(7,4-8)5(9)10/h8H,2-4,7H2,1H3,(H,9,10)/t6-/m0/s1. The minimum atomic E-state index is -1.46. The summed E-state index contributed by atoms with van der Waals surface area (Å²) in [6.07, 6.45) is 2.15. The Morgan fingerprint density at radius 3 is 2.55 bits per heavy atom. The van der Waals surface area contributed by atoms with Gasteiger partial charge in [0.15, 0.2) is 0 Å². The first-order valence-corrected chi connectivity index (χ1v) is 4.58. The third-order valence-corrected chi connectivity index (χ3v) is 2.07. The van der Waals surface area contributed by atoms with E-state index in [2.05, 4.69) is 0 Å². The number of aliphatic hydroxyl groups excluding tert-OH is 1. The van der Waals surface area contributed by atoms with Crippen LogP contribution >= 0.6 is 11.8 Å². The van der Waals surface area contributed by atoms with Crippen LogP contribution in [0.1, 0.15) is 6.42 Å². The summed E-state index contributed by atoms with van der Waals surface area (Å²) < 4.78 is 0. The van der Waals surface area contributed by atoms with Crippen molar-refractivity contribution in [3.63, 3.8) is 0 Å².